The molecule has 2 atom stereocenters. The largest absolute Gasteiger partial charge is 0.349 e. The molecule has 2 aromatic carbocycles. The van der Waals surface area contributed by atoms with Crippen molar-refractivity contribution >= 4 is 40.2 Å². The molecule has 0 unspecified atom stereocenters. The molecule has 3 nitrogen and oxygen atoms in total. The summed E-state index contributed by atoms with van der Waals surface area (Å²) in [4.78, 5) is 18.9. The average molecular weight is 411 g/mol. The second-order valence-electron chi connectivity index (χ2n) is 7.42. The molecule has 0 radical (unpaired) electrons. The van der Waals surface area contributed by atoms with Gasteiger partial charge in [0.1, 0.15) is 5.03 Å². The van der Waals surface area contributed by atoms with Gasteiger partial charge in [-0.2, -0.15) is 0 Å². The second-order valence-corrected chi connectivity index (χ2v) is 8.95. The Morgan fingerprint density at radius 2 is 1.86 bits per heavy atom. The van der Waals surface area contributed by atoms with Crippen molar-refractivity contribution in [2.45, 2.75) is 48.6 Å². The molecule has 1 aliphatic rings. The van der Waals surface area contributed by atoms with Gasteiger partial charge in [-0.1, -0.05) is 61.3 Å². The first-order valence-corrected chi connectivity index (χ1v) is 10.9. The topological polar surface area (TPSA) is 42.0 Å². The Bertz CT molecular complexity index is 990. The third-order valence-electron chi connectivity index (χ3n) is 5.40. The number of fused-ring (bicyclic) bond motifs is 1. The van der Waals surface area contributed by atoms with Crippen LogP contribution in [-0.2, 0) is 0 Å². The van der Waals surface area contributed by atoms with Crippen LogP contribution < -0.4 is 5.32 Å². The predicted octanol–water partition coefficient (Wildman–Crippen LogP) is 6.35. The van der Waals surface area contributed by atoms with Crippen LogP contribution in [0.1, 0.15) is 43.0 Å². The molecule has 5 heteroatoms. The lowest BCUT2D eigenvalue weighted by Gasteiger charge is -2.29. The van der Waals surface area contributed by atoms with Crippen molar-refractivity contribution in [1.82, 2.24) is 10.3 Å². The molecular weight excluding hydrogens is 388 g/mol. The Hall–Kier alpha value is -2.04. The molecule has 1 fully saturated rings. The number of hydrogen-bond donors (Lipinski definition) is 1. The van der Waals surface area contributed by atoms with Gasteiger partial charge in [0.2, 0.25) is 0 Å². The standard InChI is InChI=1S/C23H23ClN2OS/c1-15-6-2-4-8-20(15)26-23(27)19-14-22(25-21-9-5-3-7-18(19)21)28-17-12-10-16(24)11-13-17/h3,5,7,9-15,20H,2,4,6,8H2,1H3,(H,26,27)/t15-,20+/m0/s1. The molecule has 4 rings (SSSR count). The highest BCUT2D eigenvalue weighted by atomic mass is 35.5. The number of carbonyl (C=O) groups excluding carboxylic acids is 1. The summed E-state index contributed by atoms with van der Waals surface area (Å²) in [7, 11) is 0. The van der Waals surface area contributed by atoms with E-state index in [-0.39, 0.29) is 11.9 Å². The Balaban J connectivity index is 1.65. The molecule has 0 saturated heterocycles. The van der Waals surface area contributed by atoms with Crippen LogP contribution in [-0.4, -0.2) is 16.9 Å². The third-order valence-corrected chi connectivity index (χ3v) is 6.58. The van der Waals surface area contributed by atoms with Crippen LogP contribution in [0.3, 0.4) is 0 Å². The molecule has 1 amide bonds. The van der Waals surface area contributed by atoms with Crippen molar-refractivity contribution in [2.24, 2.45) is 5.92 Å². The van der Waals surface area contributed by atoms with E-state index in [0.717, 1.165) is 27.2 Å². The van der Waals surface area contributed by atoms with E-state index in [4.69, 9.17) is 16.6 Å². The monoisotopic (exact) mass is 410 g/mol. The lowest BCUT2D eigenvalue weighted by molar-refractivity contribution is 0.0911. The zero-order chi connectivity index (χ0) is 19.5. The van der Waals surface area contributed by atoms with Gasteiger partial charge in [-0.05, 0) is 55.2 Å². The van der Waals surface area contributed by atoms with Crippen LogP contribution in [0.4, 0.5) is 0 Å². The lowest BCUT2D eigenvalue weighted by Crippen LogP contribution is -2.41. The van der Waals surface area contributed by atoms with Crippen molar-refractivity contribution < 1.29 is 4.79 Å². The van der Waals surface area contributed by atoms with E-state index in [9.17, 15) is 4.79 Å². The van der Waals surface area contributed by atoms with Gasteiger partial charge in [-0.15, -0.1) is 0 Å². The number of amides is 1. The fourth-order valence-corrected chi connectivity index (χ4v) is 4.75. The summed E-state index contributed by atoms with van der Waals surface area (Å²) in [5.41, 5.74) is 1.53. The highest BCUT2D eigenvalue weighted by molar-refractivity contribution is 7.99. The number of halogens is 1. The molecule has 0 spiro atoms. The molecule has 28 heavy (non-hydrogen) atoms. The van der Waals surface area contributed by atoms with Crippen LogP contribution >= 0.6 is 23.4 Å². The zero-order valence-corrected chi connectivity index (χ0v) is 17.4. The molecule has 0 bridgehead atoms. The van der Waals surface area contributed by atoms with E-state index >= 15 is 0 Å². The molecule has 3 aromatic rings. The Labute approximate surface area is 174 Å². The molecule has 144 valence electrons. The summed E-state index contributed by atoms with van der Waals surface area (Å²) in [5, 5.41) is 5.69. The van der Waals surface area contributed by atoms with Gasteiger partial charge in [-0.3, -0.25) is 4.79 Å². The first-order chi connectivity index (χ1) is 13.6. The number of nitrogens with zero attached hydrogens (tertiary/aromatic N) is 1. The van der Waals surface area contributed by atoms with E-state index in [2.05, 4.69) is 12.2 Å². The van der Waals surface area contributed by atoms with Crippen molar-refractivity contribution in [1.29, 1.82) is 0 Å². The number of rotatable bonds is 4. The van der Waals surface area contributed by atoms with E-state index in [0.29, 0.717) is 16.5 Å². The molecule has 1 heterocycles. The maximum atomic E-state index is 13.2. The van der Waals surface area contributed by atoms with Gasteiger partial charge in [0.15, 0.2) is 0 Å². The van der Waals surface area contributed by atoms with Gasteiger partial charge in [0.05, 0.1) is 11.1 Å². The average Bonchev–Trinajstić information content (AvgIpc) is 2.71. The molecule has 1 aliphatic carbocycles. The first-order valence-electron chi connectivity index (χ1n) is 9.74. The van der Waals surface area contributed by atoms with Crippen molar-refractivity contribution in [3.63, 3.8) is 0 Å². The van der Waals surface area contributed by atoms with Crippen LogP contribution in [0.5, 0.6) is 0 Å². The van der Waals surface area contributed by atoms with Crippen molar-refractivity contribution in [3.05, 3.63) is 65.2 Å². The normalized spacial score (nSPS) is 19.5. The Morgan fingerprint density at radius 1 is 1.11 bits per heavy atom. The fourth-order valence-electron chi connectivity index (χ4n) is 3.79. The number of para-hydroxylation sites is 1. The van der Waals surface area contributed by atoms with Crippen molar-refractivity contribution in [2.75, 3.05) is 0 Å². The molecule has 1 aromatic heterocycles. The zero-order valence-electron chi connectivity index (χ0n) is 15.8. The SMILES string of the molecule is C[C@H]1CCCC[C@H]1NC(=O)c1cc(Sc2ccc(Cl)cc2)nc2ccccc12. The Kier molecular flexibility index (Phi) is 5.88. The maximum Gasteiger partial charge on any atom is 0.252 e. The molecule has 1 saturated carbocycles. The Morgan fingerprint density at radius 3 is 2.64 bits per heavy atom. The van der Waals surface area contributed by atoms with Crippen LogP contribution in [0.2, 0.25) is 5.02 Å². The smallest absolute Gasteiger partial charge is 0.252 e. The summed E-state index contributed by atoms with van der Waals surface area (Å²) < 4.78 is 0. The van der Waals surface area contributed by atoms with Gasteiger partial charge in [-0.25, -0.2) is 4.98 Å². The third kappa shape index (κ3) is 4.34. The minimum Gasteiger partial charge on any atom is -0.349 e. The summed E-state index contributed by atoms with van der Waals surface area (Å²) in [6.07, 6.45) is 4.68. The second kappa shape index (κ2) is 8.54. The van der Waals surface area contributed by atoms with Crippen molar-refractivity contribution in [3.8, 4) is 0 Å². The van der Waals surface area contributed by atoms with E-state index in [1.54, 1.807) is 0 Å². The highest BCUT2D eigenvalue weighted by Crippen LogP contribution is 2.31. The van der Waals surface area contributed by atoms with E-state index in [1.165, 1.54) is 31.0 Å². The summed E-state index contributed by atoms with van der Waals surface area (Å²) >= 11 is 7.53. The molecule has 0 aliphatic heterocycles. The minimum absolute atomic E-state index is 0.00435. The number of pyridine rings is 1. The first kappa shape index (κ1) is 19.3. The number of carbonyl (C=O) groups is 1. The lowest BCUT2D eigenvalue weighted by atomic mass is 9.86. The summed E-state index contributed by atoms with van der Waals surface area (Å²) in [5.74, 6) is 0.518. The molecule has 1 N–H and O–H groups in total. The fraction of sp³-hybridized carbons (Fsp3) is 0.304. The van der Waals surface area contributed by atoms with Gasteiger partial charge >= 0.3 is 0 Å². The van der Waals surface area contributed by atoms with Gasteiger partial charge < -0.3 is 5.32 Å². The van der Waals surface area contributed by atoms with Crippen LogP contribution in [0, 0.1) is 5.92 Å². The van der Waals surface area contributed by atoms with Gasteiger partial charge in [0, 0.05) is 21.3 Å². The van der Waals surface area contributed by atoms with Gasteiger partial charge in [0.25, 0.3) is 5.91 Å². The number of aromatic nitrogens is 1. The van der Waals surface area contributed by atoms with E-state index in [1.807, 2.05) is 54.6 Å². The number of hydrogen-bond acceptors (Lipinski definition) is 3. The highest BCUT2D eigenvalue weighted by Gasteiger charge is 2.24. The number of nitrogens with one attached hydrogen (secondary N) is 1. The predicted molar refractivity (Wildman–Crippen MR) is 116 cm³/mol. The van der Waals surface area contributed by atoms with E-state index < -0.39 is 0 Å². The van der Waals surface area contributed by atoms with Crippen LogP contribution in [0.15, 0.2) is 64.5 Å². The summed E-state index contributed by atoms with van der Waals surface area (Å²) in [6.45, 7) is 2.23. The van der Waals surface area contributed by atoms with Crippen LogP contribution in [0.25, 0.3) is 10.9 Å². The summed E-state index contributed by atoms with van der Waals surface area (Å²) in [6, 6.07) is 17.7. The quantitative estimate of drug-likeness (QED) is 0.545. The minimum atomic E-state index is -0.00435. The maximum absolute atomic E-state index is 13.2. The molecular formula is C23H23ClN2OS. The number of benzene rings is 2.